The Bertz CT molecular complexity index is 842. The molecule has 8 heteroatoms. The third kappa shape index (κ3) is 5.36. The Morgan fingerprint density at radius 1 is 1.07 bits per heavy atom. The van der Waals surface area contributed by atoms with Crippen molar-refractivity contribution in [1.29, 1.82) is 0 Å². The Labute approximate surface area is 167 Å². The molecule has 28 heavy (non-hydrogen) atoms. The molecule has 7 nitrogen and oxygen atoms in total. The zero-order valence-corrected chi connectivity index (χ0v) is 17.1. The van der Waals surface area contributed by atoms with Crippen LogP contribution in [0.15, 0.2) is 64.7 Å². The van der Waals surface area contributed by atoms with E-state index in [0.29, 0.717) is 23.9 Å². The minimum absolute atomic E-state index is 0.374. The summed E-state index contributed by atoms with van der Waals surface area (Å²) in [6.45, 7) is 3.58. The van der Waals surface area contributed by atoms with Gasteiger partial charge in [-0.2, -0.15) is 4.31 Å². The molecule has 0 saturated carbocycles. The van der Waals surface area contributed by atoms with Gasteiger partial charge in [0.2, 0.25) is 10.0 Å². The number of guanidine groups is 1. The number of hydrogen-bond donors (Lipinski definition) is 2. The number of nitrogens with zero attached hydrogens (tertiary/aromatic N) is 3. The van der Waals surface area contributed by atoms with Crippen LogP contribution in [-0.2, 0) is 16.6 Å². The van der Waals surface area contributed by atoms with Gasteiger partial charge in [-0.3, -0.25) is 4.99 Å². The second-order valence-corrected chi connectivity index (χ2v) is 8.90. The molecule has 1 saturated heterocycles. The molecule has 2 heterocycles. The normalized spacial score (nSPS) is 16.8. The van der Waals surface area contributed by atoms with Crippen molar-refractivity contribution >= 4 is 16.0 Å². The summed E-state index contributed by atoms with van der Waals surface area (Å²) in [5.41, 5.74) is 0. The van der Waals surface area contributed by atoms with Crippen molar-refractivity contribution in [3.05, 3.63) is 54.9 Å². The van der Waals surface area contributed by atoms with E-state index in [2.05, 4.69) is 20.2 Å². The van der Waals surface area contributed by atoms with Gasteiger partial charge < -0.3 is 15.2 Å². The number of aliphatic imine (C=N–C) groups is 1. The molecule has 1 aliphatic heterocycles. The summed E-state index contributed by atoms with van der Waals surface area (Å²) < 4.78 is 29.1. The SMILES string of the molecule is CN=C(NCCn1cccc1)NCC1CCN(S(=O)(=O)c2ccccc2)CC1. The van der Waals surface area contributed by atoms with Crippen LogP contribution in [0, 0.1) is 5.92 Å². The lowest BCUT2D eigenvalue weighted by molar-refractivity contribution is 0.273. The molecule has 3 rings (SSSR count). The molecule has 0 aliphatic carbocycles. The van der Waals surface area contributed by atoms with Crippen molar-refractivity contribution in [3.8, 4) is 0 Å². The fraction of sp³-hybridized carbons (Fsp3) is 0.450. The first-order valence-electron chi connectivity index (χ1n) is 9.70. The van der Waals surface area contributed by atoms with E-state index in [1.54, 1.807) is 35.6 Å². The number of nitrogens with one attached hydrogen (secondary N) is 2. The van der Waals surface area contributed by atoms with E-state index in [1.807, 2.05) is 30.6 Å². The van der Waals surface area contributed by atoms with E-state index in [-0.39, 0.29) is 0 Å². The summed E-state index contributed by atoms with van der Waals surface area (Å²) in [5.74, 6) is 1.22. The van der Waals surface area contributed by atoms with Crippen molar-refractivity contribution in [1.82, 2.24) is 19.5 Å². The van der Waals surface area contributed by atoms with Crippen LogP contribution in [0.25, 0.3) is 0 Å². The fourth-order valence-corrected chi connectivity index (χ4v) is 4.87. The topological polar surface area (TPSA) is 78.7 Å². The number of benzene rings is 1. The number of aromatic nitrogens is 1. The van der Waals surface area contributed by atoms with Gasteiger partial charge in [-0.15, -0.1) is 0 Å². The lowest BCUT2D eigenvalue weighted by Gasteiger charge is -2.31. The Morgan fingerprint density at radius 2 is 1.75 bits per heavy atom. The van der Waals surface area contributed by atoms with Crippen molar-refractivity contribution in [2.45, 2.75) is 24.3 Å². The maximum atomic E-state index is 12.7. The van der Waals surface area contributed by atoms with Crippen LogP contribution in [0.1, 0.15) is 12.8 Å². The van der Waals surface area contributed by atoms with Gasteiger partial charge in [-0.25, -0.2) is 8.42 Å². The van der Waals surface area contributed by atoms with Crippen LogP contribution >= 0.6 is 0 Å². The molecule has 0 radical (unpaired) electrons. The van der Waals surface area contributed by atoms with E-state index in [0.717, 1.165) is 38.4 Å². The summed E-state index contributed by atoms with van der Waals surface area (Å²) in [4.78, 5) is 4.64. The van der Waals surface area contributed by atoms with E-state index in [9.17, 15) is 8.42 Å². The van der Waals surface area contributed by atoms with Crippen molar-refractivity contribution < 1.29 is 8.42 Å². The molecule has 0 bridgehead atoms. The number of piperidine rings is 1. The number of sulfonamides is 1. The van der Waals surface area contributed by atoms with Crippen LogP contribution in [0.4, 0.5) is 0 Å². The first-order chi connectivity index (χ1) is 13.6. The quantitative estimate of drug-likeness (QED) is 0.545. The van der Waals surface area contributed by atoms with Crippen LogP contribution < -0.4 is 10.6 Å². The predicted octanol–water partition coefficient (Wildman–Crippen LogP) is 1.75. The standard InChI is InChI=1S/C20H29N5O2S/c1-21-20(22-11-16-24-12-5-6-13-24)23-17-18-9-14-25(15-10-18)28(26,27)19-7-3-2-4-8-19/h2-8,12-13,18H,9-11,14-17H2,1H3,(H2,21,22,23). The molecule has 0 spiro atoms. The molecule has 1 fully saturated rings. The van der Waals surface area contributed by atoms with E-state index in [1.165, 1.54) is 0 Å². The first kappa shape index (κ1) is 20.4. The summed E-state index contributed by atoms with van der Waals surface area (Å²) >= 11 is 0. The van der Waals surface area contributed by atoms with Crippen molar-refractivity contribution in [3.63, 3.8) is 0 Å². The second kappa shape index (κ2) is 9.75. The zero-order chi connectivity index (χ0) is 19.8. The molecule has 2 N–H and O–H groups in total. The Balaban J connectivity index is 1.41. The molecular weight excluding hydrogens is 374 g/mol. The van der Waals surface area contributed by atoms with Crippen LogP contribution in [-0.4, -0.2) is 56.5 Å². The van der Waals surface area contributed by atoms with Crippen LogP contribution in [0.3, 0.4) is 0 Å². The molecule has 1 aromatic carbocycles. The van der Waals surface area contributed by atoms with E-state index < -0.39 is 10.0 Å². The molecule has 1 aromatic heterocycles. The van der Waals surface area contributed by atoms with Gasteiger partial charge in [0.1, 0.15) is 0 Å². The smallest absolute Gasteiger partial charge is 0.243 e. The number of rotatable bonds is 7. The minimum Gasteiger partial charge on any atom is -0.356 e. The van der Waals surface area contributed by atoms with Crippen molar-refractivity contribution in [2.24, 2.45) is 10.9 Å². The average Bonchev–Trinajstić information content (AvgIpc) is 3.25. The molecule has 0 atom stereocenters. The summed E-state index contributed by atoms with van der Waals surface area (Å²) in [5, 5.41) is 6.68. The van der Waals surface area contributed by atoms with Gasteiger partial charge in [0.15, 0.2) is 5.96 Å². The highest BCUT2D eigenvalue weighted by Gasteiger charge is 2.29. The Morgan fingerprint density at radius 3 is 2.39 bits per heavy atom. The Kier molecular flexibility index (Phi) is 7.11. The monoisotopic (exact) mass is 403 g/mol. The van der Waals surface area contributed by atoms with Gasteiger partial charge in [-0.1, -0.05) is 18.2 Å². The summed E-state index contributed by atoms with van der Waals surface area (Å²) in [6, 6.07) is 12.7. The lowest BCUT2D eigenvalue weighted by atomic mass is 9.98. The summed E-state index contributed by atoms with van der Waals surface area (Å²) in [7, 11) is -1.62. The molecular formula is C20H29N5O2S. The highest BCUT2D eigenvalue weighted by molar-refractivity contribution is 7.89. The minimum atomic E-state index is -3.38. The second-order valence-electron chi connectivity index (χ2n) is 6.96. The van der Waals surface area contributed by atoms with Crippen molar-refractivity contribution in [2.75, 3.05) is 33.2 Å². The maximum absolute atomic E-state index is 12.7. The summed E-state index contributed by atoms with van der Waals surface area (Å²) in [6.07, 6.45) is 5.77. The lowest BCUT2D eigenvalue weighted by Crippen LogP contribution is -2.44. The average molecular weight is 404 g/mol. The molecule has 152 valence electrons. The van der Waals surface area contributed by atoms with Gasteiger partial charge in [-0.05, 0) is 43.0 Å². The van der Waals surface area contributed by atoms with E-state index >= 15 is 0 Å². The molecule has 0 unspecified atom stereocenters. The van der Waals surface area contributed by atoms with Gasteiger partial charge in [0.25, 0.3) is 0 Å². The maximum Gasteiger partial charge on any atom is 0.243 e. The van der Waals surface area contributed by atoms with Crippen LogP contribution in [0.5, 0.6) is 0 Å². The molecule has 0 amide bonds. The van der Waals surface area contributed by atoms with Gasteiger partial charge in [0.05, 0.1) is 4.90 Å². The number of hydrogen-bond acceptors (Lipinski definition) is 3. The fourth-order valence-electron chi connectivity index (χ4n) is 3.38. The van der Waals surface area contributed by atoms with Crippen LogP contribution in [0.2, 0.25) is 0 Å². The van der Waals surface area contributed by atoms with Gasteiger partial charge >= 0.3 is 0 Å². The Hall–Kier alpha value is -2.32. The third-order valence-corrected chi connectivity index (χ3v) is 6.98. The highest BCUT2D eigenvalue weighted by Crippen LogP contribution is 2.23. The largest absolute Gasteiger partial charge is 0.356 e. The first-order valence-corrected chi connectivity index (χ1v) is 11.1. The molecule has 1 aliphatic rings. The highest BCUT2D eigenvalue weighted by atomic mass is 32.2. The zero-order valence-electron chi connectivity index (χ0n) is 16.3. The molecule has 2 aromatic rings. The predicted molar refractivity (Wildman–Crippen MR) is 112 cm³/mol. The third-order valence-electron chi connectivity index (χ3n) is 5.06. The van der Waals surface area contributed by atoms with E-state index in [4.69, 9.17) is 0 Å². The van der Waals surface area contributed by atoms with Gasteiger partial charge in [0, 0.05) is 52.2 Å².